The molecule has 1 aromatic carbocycles. The Balaban J connectivity index is 1.57. The Labute approximate surface area is 200 Å². The number of amides is 1. The molecule has 1 fully saturated rings. The first-order valence-electron chi connectivity index (χ1n) is 10.8. The van der Waals surface area contributed by atoms with E-state index in [2.05, 4.69) is 32.7 Å². The molecular formula is C24H26FIN4O2. The van der Waals surface area contributed by atoms with Gasteiger partial charge in [-0.05, 0) is 50.5 Å². The maximum atomic E-state index is 13.8. The standard InChI is InChI=1S/C24H26FIN4O2/c1-17-5-7-22(30-13-3-11-28-30)20(14-17)24(31)29-12-2-4-18(21(29)9-10-26)16-32-23-8-6-19(25)15-27-23/h3,5-8,11,13-15,18,21H,2,4,9-10,12,16H2,1H3. The van der Waals surface area contributed by atoms with Crippen LogP contribution in [0.1, 0.15) is 35.2 Å². The van der Waals surface area contributed by atoms with Crippen molar-refractivity contribution in [2.75, 3.05) is 17.6 Å². The molecule has 0 bridgehead atoms. The number of piperidine rings is 1. The van der Waals surface area contributed by atoms with Gasteiger partial charge in [-0.3, -0.25) is 4.79 Å². The fraction of sp³-hybridized carbons (Fsp3) is 0.375. The number of ether oxygens (including phenoxy) is 1. The summed E-state index contributed by atoms with van der Waals surface area (Å²) in [6.07, 6.45) is 7.50. The lowest BCUT2D eigenvalue weighted by molar-refractivity contribution is 0.0397. The number of hydrogen-bond acceptors (Lipinski definition) is 4. The van der Waals surface area contributed by atoms with Crippen molar-refractivity contribution in [1.29, 1.82) is 0 Å². The largest absolute Gasteiger partial charge is 0.477 e. The molecule has 1 aliphatic rings. The van der Waals surface area contributed by atoms with Crippen LogP contribution in [0.3, 0.4) is 0 Å². The van der Waals surface area contributed by atoms with Crippen LogP contribution < -0.4 is 4.74 Å². The third kappa shape index (κ3) is 5.11. The summed E-state index contributed by atoms with van der Waals surface area (Å²) in [4.78, 5) is 19.8. The van der Waals surface area contributed by atoms with Gasteiger partial charge >= 0.3 is 0 Å². The molecule has 0 radical (unpaired) electrons. The van der Waals surface area contributed by atoms with Crippen molar-refractivity contribution in [3.8, 4) is 11.6 Å². The topological polar surface area (TPSA) is 60.2 Å². The fourth-order valence-electron chi connectivity index (χ4n) is 4.31. The first-order chi connectivity index (χ1) is 15.6. The van der Waals surface area contributed by atoms with Crippen LogP contribution in [0.2, 0.25) is 0 Å². The van der Waals surface area contributed by atoms with Gasteiger partial charge in [0.05, 0.1) is 24.1 Å². The van der Waals surface area contributed by atoms with Crippen LogP contribution in [0.25, 0.3) is 5.69 Å². The molecule has 168 valence electrons. The lowest BCUT2D eigenvalue weighted by Gasteiger charge is -2.41. The quantitative estimate of drug-likeness (QED) is 0.313. The third-order valence-electron chi connectivity index (χ3n) is 5.86. The molecule has 1 saturated heterocycles. The summed E-state index contributed by atoms with van der Waals surface area (Å²) in [5, 5.41) is 4.33. The summed E-state index contributed by atoms with van der Waals surface area (Å²) in [7, 11) is 0. The Kier molecular flexibility index (Phi) is 7.39. The van der Waals surface area contributed by atoms with E-state index in [0.29, 0.717) is 18.1 Å². The van der Waals surface area contributed by atoms with E-state index in [1.807, 2.05) is 42.3 Å². The Morgan fingerprint density at radius 3 is 2.91 bits per heavy atom. The molecule has 0 aliphatic carbocycles. The van der Waals surface area contributed by atoms with Gasteiger partial charge in [-0.15, -0.1) is 0 Å². The molecule has 0 N–H and O–H groups in total. The summed E-state index contributed by atoms with van der Waals surface area (Å²) >= 11 is 2.37. The highest BCUT2D eigenvalue weighted by atomic mass is 127. The van der Waals surface area contributed by atoms with Crippen LogP contribution in [0.5, 0.6) is 5.88 Å². The van der Waals surface area contributed by atoms with Crippen LogP contribution >= 0.6 is 22.6 Å². The first kappa shape index (κ1) is 22.7. The molecule has 4 rings (SSSR count). The summed E-state index contributed by atoms with van der Waals surface area (Å²) < 4.78 is 21.7. The zero-order valence-corrected chi connectivity index (χ0v) is 20.1. The van der Waals surface area contributed by atoms with E-state index in [1.54, 1.807) is 10.9 Å². The second kappa shape index (κ2) is 10.4. The van der Waals surface area contributed by atoms with Crippen LogP contribution in [-0.2, 0) is 0 Å². The molecule has 1 aliphatic heterocycles. The number of rotatable bonds is 7. The van der Waals surface area contributed by atoms with Crippen molar-refractivity contribution in [1.82, 2.24) is 19.7 Å². The van der Waals surface area contributed by atoms with E-state index >= 15 is 0 Å². The average Bonchev–Trinajstić information content (AvgIpc) is 3.34. The molecule has 2 aromatic heterocycles. The van der Waals surface area contributed by atoms with E-state index in [4.69, 9.17) is 4.74 Å². The monoisotopic (exact) mass is 548 g/mol. The molecule has 3 heterocycles. The predicted octanol–water partition coefficient (Wildman–Crippen LogP) is 4.84. The summed E-state index contributed by atoms with van der Waals surface area (Å²) in [5.41, 5.74) is 2.48. The SMILES string of the molecule is Cc1ccc(-n2cccn2)c(C(=O)N2CCCC(COc3ccc(F)cn3)C2CCI)c1. The zero-order chi connectivity index (χ0) is 22.5. The van der Waals surface area contributed by atoms with Crippen LogP contribution in [0.15, 0.2) is 55.0 Å². The number of likely N-dealkylation sites (tertiary alicyclic amines) is 1. The second-order valence-electron chi connectivity index (χ2n) is 8.04. The lowest BCUT2D eigenvalue weighted by atomic mass is 9.87. The fourth-order valence-corrected chi connectivity index (χ4v) is 4.95. The van der Waals surface area contributed by atoms with Crippen molar-refractivity contribution in [2.45, 2.75) is 32.2 Å². The van der Waals surface area contributed by atoms with Gasteiger partial charge in [-0.1, -0.05) is 34.2 Å². The van der Waals surface area contributed by atoms with Gasteiger partial charge in [-0.2, -0.15) is 5.10 Å². The second-order valence-corrected chi connectivity index (χ2v) is 9.12. The van der Waals surface area contributed by atoms with Gasteiger partial charge in [0.2, 0.25) is 5.88 Å². The summed E-state index contributed by atoms with van der Waals surface area (Å²) in [6, 6.07) is 10.7. The van der Waals surface area contributed by atoms with Gasteiger partial charge < -0.3 is 9.64 Å². The molecule has 3 aromatic rings. The van der Waals surface area contributed by atoms with Crippen molar-refractivity contribution >= 4 is 28.5 Å². The van der Waals surface area contributed by atoms with Crippen molar-refractivity contribution in [3.63, 3.8) is 0 Å². The molecule has 2 unspecified atom stereocenters. The van der Waals surface area contributed by atoms with Crippen LogP contribution in [0.4, 0.5) is 4.39 Å². The van der Waals surface area contributed by atoms with E-state index in [1.165, 1.54) is 12.1 Å². The number of pyridine rings is 1. The number of nitrogens with zero attached hydrogens (tertiary/aromatic N) is 4. The van der Waals surface area contributed by atoms with Crippen LogP contribution in [0, 0.1) is 18.7 Å². The van der Waals surface area contributed by atoms with Crippen molar-refractivity contribution in [2.24, 2.45) is 5.92 Å². The van der Waals surface area contributed by atoms with Crippen molar-refractivity contribution < 1.29 is 13.9 Å². The average molecular weight is 548 g/mol. The molecule has 2 atom stereocenters. The minimum atomic E-state index is -0.388. The van der Waals surface area contributed by atoms with Crippen molar-refractivity contribution in [3.05, 3.63) is 71.9 Å². The highest BCUT2D eigenvalue weighted by Gasteiger charge is 2.35. The van der Waals surface area contributed by atoms with E-state index in [-0.39, 0.29) is 23.7 Å². The number of aryl methyl sites for hydroxylation is 1. The number of alkyl halides is 1. The predicted molar refractivity (Wildman–Crippen MR) is 129 cm³/mol. The van der Waals surface area contributed by atoms with Gasteiger partial charge in [0, 0.05) is 41.4 Å². The smallest absolute Gasteiger partial charge is 0.256 e. The summed E-state index contributed by atoms with van der Waals surface area (Å²) in [6.45, 7) is 3.16. The minimum absolute atomic E-state index is 0.0265. The Bertz CT molecular complexity index is 1040. The highest BCUT2D eigenvalue weighted by Crippen LogP contribution is 2.30. The van der Waals surface area contributed by atoms with Crippen LogP contribution in [-0.4, -0.2) is 49.2 Å². The minimum Gasteiger partial charge on any atom is -0.477 e. The number of halogens is 2. The molecule has 8 heteroatoms. The maximum absolute atomic E-state index is 13.8. The molecule has 0 saturated carbocycles. The maximum Gasteiger partial charge on any atom is 0.256 e. The number of carbonyl (C=O) groups is 1. The molecular weight excluding hydrogens is 522 g/mol. The molecule has 0 spiro atoms. The molecule has 32 heavy (non-hydrogen) atoms. The Morgan fingerprint density at radius 1 is 1.31 bits per heavy atom. The van der Waals surface area contributed by atoms with Gasteiger partial charge in [0.15, 0.2) is 0 Å². The number of carbonyl (C=O) groups excluding carboxylic acids is 1. The zero-order valence-electron chi connectivity index (χ0n) is 18.0. The summed E-state index contributed by atoms with van der Waals surface area (Å²) in [5.74, 6) is 0.231. The van der Waals surface area contributed by atoms with E-state index in [9.17, 15) is 9.18 Å². The first-order valence-corrected chi connectivity index (χ1v) is 12.3. The van der Waals surface area contributed by atoms with Gasteiger partial charge in [0.1, 0.15) is 5.82 Å². The van der Waals surface area contributed by atoms with Gasteiger partial charge in [0.25, 0.3) is 5.91 Å². The number of benzene rings is 1. The number of aromatic nitrogens is 3. The Morgan fingerprint density at radius 2 is 2.19 bits per heavy atom. The lowest BCUT2D eigenvalue weighted by Crippen LogP contribution is -2.50. The van der Waals surface area contributed by atoms with E-state index in [0.717, 1.165) is 47.7 Å². The number of hydrogen-bond donors (Lipinski definition) is 0. The van der Waals surface area contributed by atoms with E-state index < -0.39 is 0 Å². The Hall–Kier alpha value is -2.49. The highest BCUT2D eigenvalue weighted by molar-refractivity contribution is 14.1. The third-order valence-corrected chi connectivity index (χ3v) is 6.49. The molecule has 1 amide bonds. The molecule has 6 nitrogen and oxygen atoms in total. The van der Waals surface area contributed by atoms with Gasteiger partial charge in [-0.25, -0.2) is 14.1 Å². The normalized spacial score (nSPS) is 18.5.